The highest BCUT2D eigenvalue weighted by Crippen LogP contribution is 2.28. The van der Waals surface area contributed by atoms with Gasteiger partial charge in [-0.15, -0.1) is 0 Å². The fourth-order valence-corrected chi connectivity index (χ4v) is 2.23. The molecule has 108 valence electrons. The first-order chi connectivity index (χ1) is 9.65. The van der Waals surface area contributed by atoms with Gasteiger partial charge in [0.1, 0.15) is 23.9 Å². The van der Waals surface area contributed by atoms with Crippen molar-refractivity contribution in [2.24, 2.45) is 0 Å². The number of hydrogen-bond acceptors (Lipinski definition) is 3. The van der Waals surface area contributed by atoms with Crippen molar-refractivity contribution in [2.45, 2.75) is 19.6 Å². The van der Waals surface area contributed by atoms with E-state index in [9.17, 15) is 4.39 Å². The van der Waals surface area contributed by atoms with Crippen LogP contribution in [0.1, 0.15) is 30.0 Å². The summed E-state index contributed by atoms with van der Waals surface area (Å²) in [6.07, 6.45) is 0. The third-order valence-corrected chi connectivity index (χ3v) is 3.17. The molecular formula is C15H17ClFNO2. The lowest BCUT2D eigenvalue weighted by atomic mass is 10.0. The second-order valence-corrected chi connectivity index (χ2v) is 4.83. The number of methoxy groups -OCH3 is 1. The molecular weight excluding hydrogens is 281 g/mol. The number of rotatable bonds is 6. The summed E-state index contributed by atoms with van der Waals surface area (Å²) in [5.74, 6) is 1.01. The Hall–Kier alpha value is -1.36. The predicted octanol–water partition coefficient (Wildman–Crippen LogP) is 3.92. The lowest BCUT2D eigenvalue weighted by Crippen LogP contribution is -2.22. The van der Waals surface area contributed by atoms with E-state index in [1.54, 1.807) is 19.2 Å². The molecule has 0 saturated heterocycles. The number of hydrogen-bond donors (Lipinski definition) is 1. The van der Waals surface area contributed by atoms with Crippen molar-refractivity contribution in [1.82, 2.24) is 5.32 Å². The molecule has 1 aromatic heterocycles. The molecule has 2 aromatic rings. The second kappa shape index (κ2) is 6.88. The van der Waals surface area contributed by atoms with E-state index in [2.05, 4.69) is 5.32 Å². The molecule has 0 radical (unpaired) electrons. The Balaban J connectivity index is 2.34. The van der Waals surface area contributed by atoms with Crippen molar-refractivity contribution in [1.29, 1.82) is 0 Å². The molecule has 0 aliphatic carbocycles. The highest BCUT2D eigenvalue weighted by atomic mass is 35.5. The Morgan fingerprint density at radius 1 is 1.35 bits per heavy atom. The average molecular weight is 298 g/mol. The van der Waals surface area contributed by atoms with Crippen molar-refractivity contribution in [3.05, 3.63) is 58.3 Å². The topological polar surface area (TPSA) is 34.4 Å². The van der Waals surface area contributed by atoms with Gasteiger partial charge in [0.2, 0.25) is 0 Å². The standard InChI is InChI=1S/C15H17ClFNO2/c1-3-18-15(12-6-4-10(16)8-13(12)17)14-7-5-11(20-14)9-19-2/h4-8,15,18H,3,9H2,1-2H3. The zero-order valence-electron chi connectivity index (χ0n) is 11.5. The number of halogens is 2. The van der Waals surface area contributed by atoms with Crippen LogP contribution in [0.3, 0.4) is 0 Å². The van der Waals surface area contributed by atoms with Gasteiger partial charge in [-0.3, -0.25) is 0 Å². The monoisotopic (exact) mass is 297 g/mol. The van der Waals surface area contributed by atoms with E-state index in [1.807, 2.05) is 19.1 Å². The van der Waals surface area contributed by atoms with E-state index in [-0.39, 0.29) is 11.9 Å². The van der Waals surface area contributed by atoms with Crippen molar-refractivity contribution in [2.75, 3.05) is 13.7 Å². The first kappa shape index (κ1) is 15.0. The van der Waals surface area contributed by atoms with E-state index < -0.39 is 0 Å². The Labute approximate surface area is 122 Å². The van der Waals surface area contributed by atoms with Gasteiger partial charge in [0.05, 0.1) is 6.04 Å². The molecule has 5 heteroatoms. The summed E-state index contributed by atoms with van der Waals surface area (Å²) in [4.78, 5) is 0. The zero-order valence-corrected chi connectivity index (χ0v) is 12.2. The molecule has 1 atom stereocenters. The van der Waals surface area contributed by atoms with Gasteiger partial charge in [-0.25, -0.2) is 4.39 Å². The summed E-state index contributed by atoms with van der Waals surface area (Å²) in [6.45, 7) is 3.04. The van der Waals surface area contributed by atoms with Crippen LogP contribution in [0.25, 0.3) is 0 Å². The fraction of sp³-hybridized carbons (Fsp3) is 0.333. The maximum absolute atomic E-state index is 14.1. The van der Waals surface area contributed by atoms with E-state index in [4.69, 9.17) is 20.8 Å². The molecule has 20 heavy (non-hydrogen) atoms. The quantitative estimate of drug-likeness (QED) is 0.877. The van der Waals surface area contributed by atoms with Crippen molar-refractivity contribution >= 4 is 11.6 Å². The van der Waals surface area contributed by atoms with Gasteiger partial charge in [-0.05, 0) is 30.8 Å². The Bertz CT molecular complexity index is 571. The van der Waals surface area contributed by atoms with E-state index in [1.165, 1.54) is 6.07 Å². The summed E-state index contributed by atoms with van der Waals surface area (Å²) in [7, 11) is 1.60. The molecule has 1 unspecified atom stereocenters. The van der Waals surface area contributed by atoms with Gasteiger partial charge in [0.25, 0.3) is 0 Å². The van der Waals surface area contributed by atoms with Gasteiger partial charge in [-0.2, -0.15) is 0 Å². The molecule has 0 fully saturated rings. The minimum absolute atomic E-state index is 0.345. The van der Waals surface area contributed by atoms with Gasteiger partial charge in [-0.1, -0.05) is 24.6 Å². The molecule has 0 spiro atoms. The number of nitrogens with one attached hydrogen (secondary N) is 1. The van der Waals surface area contributed by atoms with Crippen molar-refractivity contribution in [3.63, 3.8) is 0 Å². The van der Waals surface area contributed by atoms with Gasteiger partial charge in [0, 0.05) is 17.7 Å². The molecule has 0 bridgehead atoms. The van der Waals surface area contributed by atoms with E-state index in [0.717, 1.165) is 0 Å². The number of furan rings is 1. The minimum Gasteiger partial charge on any atom is -0.462 e. The maximum Gasteiger partial charge on any atom is 0.129 e. The SMILES string of the molecule is CCNC(c1ccc(COC)o1)c1ccc(Cl)cc1F. The van der Waals surface area contributed by atoms with Crippen molar-refractivity contribution in [3.8, 4) is 0 Å². The summed E-state index contributed by atoms with van der Waals surface area (Å²) in [5.41, 5.74) is 0.509. The molecule has 0 aliphatic heterocycles. The summed E-state index contributed by atoms with van der Waals surface area (Å²) < 4.78 is 24.8. The zero-order chi connectivity index (χ0) is 14.5. The second-order valence-electron chi connectivity index (χ2n) is 4.39. The lowest BCUT2D eigenvalue weighted by Gasteiger charge is -2.17. The van der Waals surface area contributed by atoms with Crippen LogP contribution in [-0.2, 0) is 11.3 Å². The predicted molar refractivity (Wildman–Crippen MR) is 76.4 cm³/mol. The summed E-state index contributed by atoms with van der Waals surface area (Å²) in [5, 5.41) is 3.59. The third-order valence-electron chi connectivity index (χ3n) is 2.94. The third kappa shape index (κ3) is 3.39. The van der Waals surface area contributed by atoms with Gasteiger partial charge in [0.15, 0.2) is 0 Å². The molecule has 1 heterocycles. The van der Waals surface area contributed by atoms with Crippen LogP contribution in [0.2, 0.25) is 5.02 Å². The smallest absolute Gasteiger partial charge is 0.129 e. The molecule has 1 aromatic carbocycles. The van der Waals surface area contributed by atoms with Crippen molar-refractivity contribution < 1.29 is 13.5 Å². The van der Waals surface area contributed by atoms with Crippen LogP contribution < -0.4 is 5.32 Å². The summed E-state index contributed by atoms with van der Waals surface area (Å²) >= 11 is 5.79. The Morgan fingerprint density at radius 2 is 2.15 bits per heavy atom. The molecule has 3 nitrogen and oxygen atoms in total. The Kier molecular flexibility index (Phi) is 5.17. The van der Waals surface area contributed by atoms with E-state index in [0.29, 0.717) is 35.3 Å². The summed E-state index contributed by atoms with van der Waals surface area (Å²) in [6, 6.07) is 7.96. The largest absolute Gasteiger partial charge is 0.462 e. The Morgan fingerprint density at radius 3 is 2.80 bits per heavy atom. The van der Waals surface area contributed by atoms with Crippen LogP contribution in [-0.4, -0.2) is 13.7 Å². The lowest BCUT2D eigenvalue weighted by molar-refractivity contribution is 0.162. The number of benzene rings is 1. The first-order valence-corrected chi connectivity index (χ1v) is 6.79. The molecule has 1 N–H and O–H groups in total. The van der Waals surface area contributed by atoms with Gasteiger partial charge < -0.3 is 14.5 Å². The first-order valence-electron chi connectivity index (χ1n) is 6.41. The minimum atomic E-state index is -0.354. The molecule has 0 amide bonds. The van der Waals surface area contributed by atoms with Crippen LogP contribution in [0.5, 0.6) is 0 Å². The number of ether oxygens (including phenoxy) is 1. The van der Waals surface area contributed by atoms with Crippen LogP contribution in [0.15, 0.2) is 34.7 Å². The van der Waals surface area contributed by atoms with E-state index >= 15 is 0 Å². The fourth-order valence-electron chi connectivity index (χ4n) is 2.07. The highest BCUT2D eigenvalue weighted by molar-refractivity contribution is 6.30. The molecule has 2 rings (SSSR count). The van der Waals surface area contributed by atoms with Crippen LogP contribution >= 0.6 is 11.6 Å². The average Bonchev–Trinajstić information content (AvgIpc) is 2.86. The van der Waals surface area contributed by atoms with Gasteiger partial charge >= 0.3 is 0 Å². The molecule has 0 aliphatic rings. The molecule has 0 saturated carbocycles. The van der Waals surface area contributed by atoms with Crippen LogP contribution in [0, 0.1) is 5.82 Å². The highest BCUT2D eigenvalue weighted by Gasteiger charge is 2.20. The maximum atomic E-state index is 14.1. The normalized spacial score (nSPS) is 12.6. The van der Waals surface area contributed by atoms with Crippen LogP contribution in [0.4, 0.5) is 4.39 Å².